The maximum Gasteiger partial charge on any atom is 0.240 e. The lowest BCUT2D eigenvalue weighted by Crippen LogP contribution is -2.50. The minimum Gasteiger partial charge on any atom is -0.384 e. The van der Waals surface area contributed by atoms with E-state index in [1.54, 1.807) is 18.2 Å². The molecule has 7 heteroatoms. The van der Waals surface area contributed by atoms with Gasteiger partial charge < -0.3 is 15.2 Å². The number of nitrogens with one attached hydrogen (secondary N) is 2. The quantitative estimate of drug-likeness (QED) is 0.0959. The molecule has 0 aliphatic carbocycles. The zero-order valence-electron chi connectivity index (χ0n) is 24.1. The van der Waals surface area contributed by atoms with Gasteiger partial charge in [-0.2, -0.15) is 0 Å². The summed E-state index contributed by atoms with van der Waals surface area (Å²) >= 11 is 0. The minimum absolute atomic E-state index is 0.113. The number of rotatable bonds is 24. The normalized spacial score (nSPS) is 13.5. The Morgan fingerprint density at radius 3 is 1.79 bits per heavy atom. The fourth-order valence-corrected chi connectivity index (χ4v) is 6.27. The van der Waals surface area contributed by atoms with Crippen molar-refractivity contribution in [3.63, 3.8) is 0 Å². The van der Waals surface area contributed by atoms with Crippen molar-refractivity contribution < 1.29 is 18.3 Å². The van der Waals surface area contributed by atoms with Crippen LogP contribution in [0.2, 0.25) is 0 Å². The third-order valence-electron chi connectivity index (χ3n) is 7.46. The van der Waals surface area contributed by atoms with Gasteiger partial charge in [-0.25, -0.2) is 13.1 Å². The summed E-state index contributed by atoms with van der Waals surface area (Å²) in [5.41, 5.74) is 0. The highest BCUT2D eigenvalue weighted by molar-refractivity contribution is 7.89. The molecule has 0 radical (unpaired) electrons. The van der Waals surface area contributed by atoms with Gasteiger partial charge in [0.1, 0.15) is 12.4 Å². The molecule has 0 spiro atoms. The molecule has 2 atom stereocenters. The molecular formula is C32H52N2O4S. The summed E-state index contributed by atoms with van der Waals surface area (Å²) in [6.45, 7) is 3.17. The van der Waals surface area contributed by atoms with Crippen molar-refractivity contribution >= 4 is 27.1 Å². The van der Waals surface area contributed by atoms with Crippen molar-refractivity contribution in [2.45, 2.75) is 127 Å². The van der Waals surface area contributed by atoms with Crippen LogP contribution in [0.25, 0.3) is 10.8 Å². The molecule has 0 saturated heterocycles. The average Bonchev–Trinajstić information content (AvgIpc) is 2.95. The Kier molecular flexibility index (Phi) is 17.2. The molecular weight excluding hydrogens is 508 g/mol. The molecule has 220 valence electrons. The van der Waals surface area contributed by atoms with Crippen LogP contribution in [0.3, 0.4) is 0 Å². The van der Waals surface area contributed by atoms with Crippen LogP contribution < -0.4 is 10.0 Å². The number of fused-ring (bicyclic) bond motifs is 1. The van der Waals surface area contributed by atoms with Crippen molar-refractivity contribution in [3.8, 4) is 0 Å². The van der Waals surface area contributed by atoms with E-state index in [-0.39, 0.29) is 11.4 Å². The van der Waals surface area contributed by atoms with E-state index in [0.717, 1.165) is 30.2 Å². The lowest BCUT2D eigenvalue weighted by atomic mass is 10.0. The van der Waals surface area contributed by atoms with Crippen LogP contribution >= 0.6 is 0 Å². The molecule has 3 N–H and O–H groups in total. The number of benzene rings is 2. The van der Waals surface area contributed by atoms with Crippen LogP contribution in [0.5, 0.6) is 0 Å². The summed E-state index contributed by atoms with van der Waals surface area (Å²) in [5, 5.41) is 15.1. The lowest BCUT2D eigenvalue weighted by Gasteiger charge is -2.21. The Hall–Kier alpha value is -1.80. The maximum atomic E-state index is 12.9. The van der Waals surface area contributed by atoms with E-state index in [4.69, 9.17) is 0 Å². The van der Waals surface area contributed by atoms with E-state index in [1.165, 1.54) is 89.9 Å². The molecule has 39 heavy (non-hydrogen) atoms. The van der Waals surface area contributed by atoms with Gasteiger partial charge in [0.25, 0.3) is 0 Å². The third-order valence-corrected chi connectivity index (χ3v) is 8.95. The van der Waals surface area contributed by atoms with E-state index in [0.29, 0.717) is 6.29 Å². The summed E-state index contributed by atoms with van der Waals surface area (Å²) in [4.78, 5) is 11.3. The molecule has 0 aliphatic rings. The van der Waals surface area contributed by atoms with E-state index < -0.39 is 22.2 Å². The number of aldehydes is 1. The van der Waals surface area contributed by atoms with Gasteiger partial charge >= 0.3 is 0 Å². The number of sulfonamides is 1. The number of aliphatic hydroxyl groups is 1. The molecule has 0 bridgehead atoms. The molecule has 0 heterocycles. The summed E-state index contributed by atoms with van der Waals surface area (Å²) < 4.78 is 28.4. The number of aliphatic hydroxyl groups excluding tert-OH is 1. The van der Waals surface area contributed by atoms with Gasteiger partial charge in [-0.05, 0) is 35.9 Å². The van der Waals surface area contributed by atoms with Crippen molar-refractivity contribution in [2.24, 2.45) is 0 Å². The largest absolute Gasteiger partial charge is 0.384 e. The van der Waals surface area contributed by atoms with Gasteiger partial charge in [-0.3, -0.25) is 0 Å². The summed E-state index contributed by atoms with van der Waals surface area (Å²) in [6.07, 6.45) is 20.0. The van der Waals surface area contributed by atoms with Gasteiger partial charge in [-0.15, -0.1) is 0 Å². The number of hydrogen-bond acceptors (Lipinski definition) is 5. The van der Waals surface area contributed by atoms with Crippen LogP contribution in [0.4, 0.5) is 0 Å². The molecule has 0 fully saturated rings. The molecule has 0 aromatic heterocycles. The molecule has 0 amide bonds. The fourth-order valence-electron chi connectivity index (χ4n) is 4.98. The molecule has 0 aliphatic heterocycles. The zero-order valence-corrected chi connectivity index (χ0v) is 24.9. The number of hydrogen-bond donors (Lipinski definition) is 3. The SMILES string of the molecule is CCCCCCCCCCCCCCCCCCNC[C@H](NS(=O)(=O)c1ccc2ccccc2c1)[C@@H](O)C=O. The lowest BCUT2D eigenvalue weighted by molar-refractivity contribution is -0.115. The van der Waals surface area contributed by atoms with Gasteiger partial charge in [0.15, 0.2) is 0 Å². The molecule has 0 saturated carbocycles. The molecule has 6 nitrogen and oxygen atoms in total. The van der Waals surface area contributed by atoms with E-state index in [9.17, 15) is 18.3 Å². The molecule has 2 aromatic carbocycles. The summed E-state index contributed by atoms with van der Waals surface area (Å²) in [6, 6.07) is 11.5. The van der Waals surface area contributed by atoms with Crippen molar-refractivity contribution in [1.29, 1.82) is 0 Å². The molecule has 2 aromatic rings. The topological polar surface area (TPSA) is 95.5 Å². The number of carbonyl (C=O) groups is 1. The Labute approximate surface area is 237 Å². The standard InChI is InChI=1S/C32H52N2O4S/c1-2-3-4-5-6-7-8-9-10-11-12-13-14-15-16-19-24-33-26-31(32(36)27-35)34-39(37,38)30-23-22-28-20-17-18-21-29(28)25-30/h17-18,20-23,25,27,31-34,36H,2-16,19,24,26H2,1H3/t31-,32-/m0/s1. The predicted octanol–water partition coefficient (Wildman–Crippen LogP) is 6.90. The van der Waals surface area contributed by atoms with E-state index in [1.807, 2.05) is 24.3 Å². The van der Waals surface area contributed by atoms with Crippen LogP contribution in [0.15, 0.2) is 47.4 Å². The highest BCUT2D eigenvalue weighted by atomic mass is 32.2. The van der Waals surface area contributed by atoms with Gasteiger partial charge in [0.05, 0.1) is 10.9 Å². The van der Waals surface area contributed by atoms with Crippen LogP contribution in [0, 0.1) is 0 Å². The number of carbonyl (C=O) groups excluding carboxylic acids is 1. The Morgan fingerprint density at radius 2 is 1.26 bits per heavy atom. The second-order valence-corrected chi connectivity index (χ2v) is 12.6. The second kappa shape index (κ2) is 20.1. The first-order valence-electron chi connectivity index (χ1n) is 15.3. The Morgan fingerprint density at radius 1 is 0.744 bits per heavy atom. The van der Waals surface area contributed by atoms with Crippen molar-refractivity contribution in [2.75, 3.05) is 13.1 Å². The van der Waals surface area contributed by atoms with Crippen LogP contribution in [-0.4, -0.2) is 45.0 Å². The third kappa shape index (κ3) is 13.9. The minimum atomic E-state index is -3.89. The van der Waals surface area contributed by atoms with E-state index in [2.05, 4.69) is 17.0 Å². The average molecular weight is 561 g/mol. The first-order chi connectivity index (χ1) is 19.0. The van der Waals surface area contributed by atoms with Crippen molar-refractivity contribution in [1.82, 2.24) is 10.0 Å². The molecule has 0 unspecified atom stereocenters. The smallest absolute Gasteiger partial charge is 0.240 e. The number of unbranched alkanes of at least 4 members (excludes halogenated alkanes) is 15. The highest BCUT2D eigenvalue weighted by Crippen LogP contribution is 2.19. The zero-order chi connectivity index (χ0) is 28.2. The summed E-state index contributed by atoms with van der Waals surface area (Å²) in [7, 11) is -3.89. The summed E-state index contributed by atoms with van der Waals surface area (Å²) in [5.74, 6) is 0. The first-order valence-corrected chi connectivity index (χ1v) is 16.8. The highest BCUT2D eigenvalue weighted by Gasteiger charge is 2.25. The van der Waals surface area contributed by atoms with Crippen LogP contribution in [-0.2, 0) is 14.8 Å². The van der Waals surface area contributed by atoms with Crippen LogP contribution in [0.1, 0.15) is 110 Å². The monoisotopic (exact) mass is 560 g/mol. The first kappa shape index (κ1) is 33.4. The Balaban J connectivity index is 1.54. The predicted molar refractivity (Wildman–Crippen MR) is 163 cm³/mol. The maximum absolute atomic E-state index is 12.9. The second-order valence-electron chi connectivity index (χ2n) is 10.9. The van der Waals surface area contributed by atoms with Gasteiger partial charge in [0, 0.05) is 6.54 Å². The van der Waals surface area contributed by atoms with E-state index >= 15 is 0 Å². The van der Waals surface area contributed by atoms with Gasteiger partial charge in [-0.1, -0.05) is 134 Å². The Bertz CT molecular complexity index is 1030. The fraction of sp³-hybridized carbons (Fsp3) is 0.656. The van der Waals surface area contributed by atoms with Crippen molar-refractivity contribution in [3.05, 3.63) is 42.5 Å². The van der Waals surface area contributed by atoms with Gasteiger partial charge in [0.2, 0.25) is 10.0 Å². The molecule has 2 rings (SSSR count).